The fraction of sp³-hybridized carbons (Fsp3) is 0.0833. The fourth-order valence-electron chi connectivity index (χ4n) is 3.29. The van der Waals surface area contributed by atoms with Crippen LogP contribution in [0.25, 0.3) is 22.3 Å². The van der Waals surface area contributed by atoms with E-state index in [0.29, 0.717) is 6.54 Å². The Morgan fingerprint density at radius 2 is 1.72 bits per heavy atom. The van der Waals surface area contributed by atoms with Crippen molar-refractivity contribution in [2.45, 2.75) is 6.54 Å². The molecule has 0 atom stereocenters. The molecule has 5 nitrogen and oxygen atoms in total. The monoisotopic (exact) mass is 384 g/mol. The molecule has 0 saturated heterocycles. The molecule has 5 heteroatoms. The van der Waals surface area contributed by atoms with Crippen LogP contribution in [0.3, 0.4) is 0 Å². The standard InChI is InChI=1S/C24H20N2O3/c1-29-21-10-7-17(8-11-21)15-26-16-20(14-25-26)23-13-19(24(27)28)9-12-22(23)18-5-3-2-4-6-18/h2-14,16H,15H2,1H3,(H,27,28). The van der Waals surface area contributed by atoms with E-state index in [9.17, 15) is 9.90 Å². The molecule has 0 aliphatic heterocycles. The molecular formula is C24H20N2O3. The Hall–Kier alpha value is -3.86. The molecule has 0 spiro atoms. The van der Waals surface area contributed by atoms with Crippen molar-refractivity contribution in [2.75, 3.05) is 7.11 Å². The van der Waals surface area contributed by atoms with E-state index in [0.717, 1.165) is 33.6 Å². The second kappa shape index (κ2) is 8.02. The first kappa shape index (κ1) is 18.5. The zero-order valence-electron chi connectivity index (χ0n) is 15.9. The van der Waals surface area contributed by atoms with Crippen LogP contribution in [0.15, 0.2) is 85.2 Å². The highest BCUT2D eigenvalue weighted by Gasteiger charge is 2.13. The first-order valence-corrected chi connectivity index (χ1v) is 9.22. The summed E-state index contributed by atoms with van der Waals surface area (Å²) in [7, 11) is 1.64. The minimum absolute atomic E-state index is 0.252. The Morgan fingerprint density at radius 1 is 0.966 bits per heavy atom. The Kier molecular flexibility index (Phi) is 5.12. The third-order valence-corrected chi connectivity index (χ3v) is 4.80. The van der Waals surface area contributed by atoms with Crippen LogP contribution in [0.2, 0.25) is 0 Å². The van der Waals surface area contributed by atoms with Crippen molar-refractivity contribution < 1.29 is 14.6 Å². The van der Waals surface area contributed by atoms with E-state index in [1.165, 1.54) is 0 Å². The second-order valence-electron chi connectivity index (χ2n) is 6.71. The van der Waals surface area contributed by atoms with E-state index in [2.05, 4.69) is 5.10 Å². The van der Waals surface area contributed by atoms with Crippen LogP contribution in [-0.2, 0) is 6.54 Å². The number of methoxy groups -OCH3 is 1. The van der Waals surface area contributed by atoms with Crippen LogP contribution in [0.4, 0.5) is 0 Å². The molecule has 0 aliphatic carbocycles. The maximum Gasteiger partial charge on any atom is 0.335 e. The van der Waals surface area contributed by atoms with E-state index in [-0.39, 0.29) is 5.56 Å². The normalized spacial score (nSPS) is 10.7. The summed E-state index contributed by atoms with van der Waals surface area (Å²) in [6, 6.07) is 23.0. The number of carboxylic acid groups (broad SMARTS) is 1. The molecule has 0 bridgehead atoms. The lowest BCUT2D eigenvalue weighted by atomic mass is 9.94. The Balaban J connectivity index is 1.70. The zero-order valence-corrected chi connectivity index (χ0v) is 15.9. The number of carboxylic acids is 1. The highest BCUT2D eigenvalue weighted by Crippen LogP contribution is 2.33. The third kappa shape index (κ3) is 4.04. The van der Waals surface area contributed by atoms with Gasteiger partial charge in [0.15, 0.2) is 0 Å². The van der Waals surface area contributed by atoms with Crippen LogP contribution < -0.4 is 4.74 Å². The third-order valence-electron chi connectivity index (χ3n) is 4.80. The van der Waals surface area contributed by atoms with E-state index in [1.807, 2.05) is 71.5 Å². The van der Waals surface area contributed by atoms with Crippen molar-refractivity contribution in [2.24, 2.45) is 0 Å². The Bertz CT molecular complexity index is 1130. The van der Waals surface area contributed by atoms with Gasteiger partial charge >= 0.3 is 5.97 Å². The minimum atomic E-state index is -0.948. The lowest BCUT2D eigenvalue weighted by Gasteiger charge is -2.10. The summed E-state index contributed by atoms with van der Waals surface area (Å²) in [5.41, 5.74) is 5.07. The number of hydrogen-bond acceptors (Lipinski definition) is 3. The van der Waals surface area contributed by atoms with Gasteiger partial charge in [-0.3, -0.25) is 4.68 Å². The summed E-state index contributed by atoms with van der Waals surface area (Å²) < 4.78 is 7.04. The number of ether oxygens (including phenoxy) is 1. The average molecular weight is 384 g/mol. The van der Waals surface area contributed by atoms with Gasteiger partial charge in [0.05, 0.1) is 25.4 Å². The number of hydrogen-bond donors (Lipinski definition) is 1. The first-order valence-electron chi connectivity index (χ1n) is 9.22. The van der Waals surface area contributed by atoms with Gasteiger partial charge in [-0.25, -0.2) is 4.79 Å². The van der Waals surface area contributed by atoms with E-state index in [4.69, 9.17) is 4.74 Å². The van der Waals surface area contributed by atoms with Crippen LogP contribution in [0.5, 0.6) is 5.75 Å². The van der Waals surface area contributed by atoms with E-state index >= 15 is 0 Å². The number of benzene rings is 3. The molecule has 0 saturated carbocycles. The first-order chi connectivity index (χ1) is 14.1. The van der Waals surface area contributed by atoms with Gasteiger partial charge in [0.2, 0.25) is 0 Å². The van der Waals surface area contributed by atoms with Crippen molar-refractivity contribution >= 4 is 5.97 Å². The summed E-state index contributed by atoms with van der Waals surface area (Å²) in [6.07, 6.45) is 3.72. The molecule has 1 heterocycles. The zero-order chi connectivity index (χ0) is 20.2. The SMILES string of the molecule is COc1ccc(Cn2cc(-c3cc(C(=O)O)ccc3-c3ccccc3)cn2)cc1. The van der Waals surface area contributed by atoms with E-state index < -0.39 is 5.97 Å². The molecule has 4 rings (SSSR count). The number of aromatic nitrogens is 2. The fourth-order valence-corrected chi connectivity index (χ4v) is 3.29. The molecule has 0 unspecified atom stereocenters. The Morgan fingerprint density at radius 3 is 2.41 bits per heavy atom. The molecule has 4 aromatic rings. The largest absolute Gasteiger partial charge is 0.497 e. The maximum absolute atomic E-state index is 11.5. The number of rotatable bonds is 6. The molecule has 1 aromatic heterocycles. The van der Waals surface area contributed by atoms with Crippen molar-refractivity contribution in [3.63, 3.8) is 0 Å². The predicted octanol–water partition coefficient (Wildman–Crippen LogP) is 4.97. The topological polar surface area (TPSA) is 64.3 Å². The molecule has 0 fully saturated rings. The molecular weight excluding hydrogens is 364 g/mol. The van der Waals surface area contributed by atoms with Crippen molar-refractivity contribution in [3.05, 3.63) is 96.3 Å². The quantitative estimate of drug-likeness (QED) is 0.510. The maximum atomic E-state index is 11.5. The molecule has 0 aliphatic rings. The van der Waals surface area contributed by atoms with Gasteiger partial charge in [-0.15, -0.1) is 0 Å². The number of aromatic carboxylic acids is 1. The summed E-state index contributed by atoms with van der Waals surface area (Å²) in [5, 5.41) is 13.9. The smallest absolute Gasteiger partial charge is 0.335 e. The van der Waals surface area contributed by atoms with Gasteiger partial charge in [0.1, 0.15) is 5.75 Å². The lowest BCUT2D eigenvalue weighted by Crippen LogP contribution is -1.99. The highest BCUT2D eigenvalue weighted by molar-refractivity contribution is 5.93. The predicted molar refractivity (Wildman–Crippen MR) is 112 cm³/mol. The number of nitrogens with zero attached hydrogens (tertiary/aromatic N) is 2. The highest BCUT2D eigenvalue weighted by atomic mass is 16.5. The molecule has 1 N–H and O–H groups in total. The van der Waals surface area contributed by atoms with E-state index in [1.54, 1.807) is 25.4 Å². The average Bonchev–Trinajstić information content (AvgIpc) is 3.23. The van der Waals surface area contributed by atoms with Crippen LogP contribution in [0.1, 0.15) is 15.9 Å². The minimum Gasteiger partial charge on any atom is -0.497 e. The van der Waals surface area contributed by atoms with Gasteiger partial charge in [-0.2, -0.15) is 5.10 Å². The van der Waals surface area contributed by atoms with Crippen molar-refractivity contribution in [1.29, 1.82) is 0 Å². The van der Waals surface area contributed by atoms with Gasteiger partial charge in [0.25, 0.3) is 0 Å². The molecule has 3 aromatic carbocycles. The Labute approximate surface area is 168 Å². The van der Waals surface area contributed by atoms with Crippen molar-refractivity contribution in [3.8, 4) is 28.0 Å². The van der Waals surface area contributed by atoms with Crippen molar-refractivity contribution in [1.82, 2.24) is 9.78 Å². The molecule has 0 amide bonds. The summed E-state index contributed by atoms with van der Waals surface area (Å²) >= 11 is 0. The van der Waals surface area contributed by atoms with Crippen LogP contribution in [-0.4, -0.2) is 28.0 Å². The lowest BCUT2D eigenvalue weighted by molar-refractivity contribution is 0.0697. The summed E-state index contributed by atoms with van der Waals surface area (Å²) in [6.45, 7) is 0.614. The van der Waals surface area contributed by atoms with Gasteiger partial charge < -0.3 is 9.84 Å². The van der Waals surface area contributed by atoms with Gasteiger partial charge in [0, 0.05) is 11.8 Å². The molecule has 0 radical (unpaired) electrons. The van der Waals surface area contributed by atoms with Crippen LogP contribution >= 0.6 is 0 Å². The van der Waals surface area contributed by atoms with Gasteiger partial charge in [-0.1, -0.05) is 48.5 Å². The molecule has 29 heavy (non-hydrogen) atoms. The number of carbonyl (C=O) groups is 1. The second-order valence-corrected chi connectivity index (χ2v) is 6.71. The summed E-state index contributed by atoms with van der Waals surface area (Å²) in [4.78, 5) is 11.5. The van der Waals surface area contributed by atoms with Gasteiger partial charge in [-0.05, 0) is 46.5 Å². The molecule has 144 valence electrons. The summed E-state index contributed by atoms with van der Waals surface area (Å²) in [5.74, 6) is -0.135. The van der Waals surface area contributed by atoms with Crippen LogP contribution in [0, 0.1) is 0 Å².